The van der Waals surface area contributed by atoms with Gasteiger partial charge in [0.05, 0.1) is 28.4 Å². The Morgan fingerprint density at radius 1 is 1.03 bits per heavy atom. The lowest BCUT2D eigenvalue weighted by molar-refractivity contribution is 0.104. The lowest BCUT2D eigenvalue weighted by Gasteiger charge is -2.12. The van der Waals surface area contributed by atoms with Gasteiger partial charge in [0.25, 0.3) is 0 Å². The van der Waals surface area contributed by atoms with Crippen LogP contribution in [0.25, 0.3) is 0 Å². The van der Waals surface area contributed by atoms with E-state index in [4.69, 9.17) is 22.1 Å². The van der Waals surface area contributed by atoms with Gasteiger partial charge in [0.1, 0.15) is 20.5 Å². The number of anilines is 3. The summed E-state index contributed by atoms with van der Waals surface area (Å²) in [6.45, 7) is 1.99. The first-order valence-corrected chi connectivity index (χ1v) is 13.4. The zero-order valence-electron chi connectivity index (χ0n) is 19.0. The minimum atomic E-state index is -4.07. The highest BCUT2D eigenvalue weighted by Gasteiger charge is 2.32. The molecule has 0 saturated carbocycles. The number of para-hydroxylation sites is 2. The Labute approximate surface area is 213 Å². The van der Waals surface area contributed by atoms with E-state index >= 15 is 0 Å². The van der Waals surface area contributed by atoms with Crippen LogP contribution >= 0.6 is 22.9 Å². The zero-order chi connectivity index (χ0) is 25.2. The number of nitrogens with two attached hydrogens (primary N) is 1. The van der Waals surface area contributed by atoms with E-state index in [2.05, 4.69) is 5.32 Å². The molecule has 0 saturated heterocycles. The summed E-state index contributed by atoms with van der Waals surface area (Å²) in [7, 11) is -2.56. The number of sulfone groups is 1. The molecular formula is C26H23ClN2O4S2. The molecule has 0 unspecified atom stereocenters. The summed E-state index contributed by atoms with van der Waals surface area (Å²) in [5.74, 6) is 0.0538. The number of carbonyl (C=O) groups is 1. The summed E-state index contributed by atoms with van der Waals surface area (Å²) in [5.41, 5.74) is 8.04. The molecule has 4 aromatic rings. The molecule has 3 N–H and O–H groups in total. The third-order valence-corrected chi connectivity index (χ3v) is 8.92. The Bertz CT molecular complexity index is 1500. The van der Waals surface area contributed by atoms with Gasteiger partial charge in [-0.25, -0.2) is 8.42 Å². The van der Waals surface area contributed by atoms with Crippen LogP contribution in [0.3, 0.4) is 0 Å². The average molecular weight is 527 g/mol. The van der Waals surface area contributed by atoms with Crippen LogP contribution in [0.5, 0.6) is 5.75 Å². The minimum absolute atomic E-state index is 0.0824. The maximum absolute atomic E-state index is 13.8. The average Bonchev–Trinajstić information content (AvgIpc) is 3.20. The van der Waals surface area contributed by atoms with Crippen LogP contribution in [0, 0.1) is 0 Å². The molecule has 6 nitrogen and oxygen atoms in total. The Balaban J connectivity index is 1.91. The Morgan fingerprint density at radius 3 is 2.34 bits per heavy atom. The Hall–Kier alpha value is -3.33. The number of ketones is 1. The van der Waals surface area contributed by atoms with Gasteiger partial charge in [-0.15, -0.1) is 11.3 Å². The molecule has 0 atom stereocenters. The molecule has 4 rings (SSSR count). The van der Waals surface area contributed by atoms with Crippen LogP contribution in [-0.2, 0) is 16.3 Å². The van der Waals surface area contributed by atoms with E-state index in [0.717, 1.165) is 23.3 Å². The number of ether oxygens (including phenoxy) is 1. The van der Waals surface area contributed by atoms with E-state index in [1.165, 1.54) is 7.11 Å². The third kappa shape index (κ3) is 4.77. The van der Waals surface area contributed by atoms with Crippen molar-refractivity contribution >= 4 is 54.9 Å². The van der Waals surface area contributed by atoms with Crippen molar-refractivity contribution in [3.8, 4) is 5.75 Å². The fourth-order valence-corrected chi connectivity index (χ4v) is 6.75. The Kier molecular flexibility index (Phi) is 7.16. The first kappa shape index (κ1) is 24.8. The van der Waals surface area contributed by atoms with E-state index in [1.807, 2.05) is 6.92 Å². The summed E-state index contributed by atoms with van der Waals surface area (Å²) < 4.78 is 33.0. The summed E-state index contributed by atoms with van der Waals surface area (Å²) in [5, 5.41) is 3.59. The number of aryl methyl sites for hydroxylation is 1. The number of rotatable bonds is 8. The van der Waals surface area contributed by atoms with E-state index in [1.54, 1.807) is 72.8 Å². The molecule has 3 aromatic carbocycles. The molecule has 1 aromatic heterocycles. The topological polar surface area (TPSA) is 98.5 Å². The first-order chi connectivity index (χ1) is 16.8. The predicted octanol–water partition coefficient (Wildman–Crippen LogP) is 6.36. The number of halogens is 1. The van der Waals surface area contributed by atoms with Gasteiger partial charge in [0, 0.05) is 5.56 Å². The van der Waals surface area contributed by atoms with E-state index in [9.17, 15) is 13.2 Å². The van der Waals surface area contributed by atoms with Crippen LogP contribution in [0.2, 0.25) is 5.02 Å². The number of methoxy groups -OCH3 is 1. The fourth-order valence-electron chi connectivity index (χ4n) is 3.61. The van der Waals surface area contributed by atoms with Gasteiger partial charge >= 0.3 is 0 Å². The van der Waals surface area contributed by atoms with Crippen LogP contribution in [0.15, 0.2) is 82.6 Å². The second-order valence-electron chi connectivity index (χ2n) is 7.64. The molecule has 0 amide bonds. The lowest BCUT2D eigenvalue weighted by atomic mass is 10.1. The predicted molar refractivity (Wildman–Crippen MR) is 141 cm³/mol. The van der Waals surface area contributed by atoms with Gasteiger partial charge < -0.3 is 15.8 Å². The lowest BCUT2D eigenvalue weighted by Crippen LogP contribution is -2.09. The largest absolute Gasteiger partial charge is 0.495 e. The number of thiophene rings is 1. The van der Waals surface area contributed by atoms with E-state index in [-0.39, 0.29) is 35.9 Å². The summed E-state index contributed by atoms with van der Waals surface area (Å²) in [6, 6.07) is 20.3. The highest BCUT2D eigenvalue weighted by molar-refractivity contribution is 7.92. The molecule has 9 heteroatoms. The maximum atomic E-state index is 13.8. The smallest absolute Gasteiger partial charge is 0.211 e. The van der Waals surface area contributed by atoms with Gasteiger partial charge in [0.15, 0.2) is 0 Å². The molecule has 180 valence electrons. The fraction of sp³-hybridized carbons (Fsp3) is 0.115. The molecule has 0 bridgehead atoms. The van der Waals surface area contributed by atoms with Gasteiger partial charge in [-0.3, -0.25) is 4.79 Å². The number of nitrogens with one attached hydrogen (secondary N) is 1. The highest BCUT2D eigenvalue weighted by Crippen LogP contribution is 2.45. The molecule has 0 radical (unpaired) electrons. The van der Waals surface area contributed by atoms with Gasteiger partial charge in [-0.05, 0) is 48.4 Å². The molecule has 0 fully saturated rings. The maximum Gasteiger partial charge on any atom is 0.211 e. The monoisotopic (exact) mass is 526 g/mol. The molecule has 0 aliphatic rings. The van der Waals surface area contributed by atoms with Gasteiger partial charge in [-0.1, -0.05) is 54.9 Å². The SMILES string of the molecule is CCc1ccc(S(=O)(=O)c2c(Nc3ccccc3OC)sc(C(=O)c3ccccc3Cl)c2N)cc1. The third-order valence-electron chi connectivity index (χ3n) is 5.49. The van der Waals surface area contributed by atoms with Crippen molar-refractivity contribution in [2.24, 2.45) is 0 Å². The normalized spacial score (nSPS) is 11.3. The molecule has 0 spiro atoms. The highest BCUT2D eigenvalue weighted by atomic mass is 35.5. The standard InChI is InChI=1S/C26H23ClN2O4S2/c1-3-16-12-14-17(15-13-16)35(31,32)25-22(28)24(23(30)18-8-4-5-9-19(18)27)34-26(25)29-20-10-6-7-11-21(20)33-2/h4-15,29H,3,28H2,1-2H3. The van der Waals surface area contributed by atoms with Crippen molar-refractivity contribution in [3.63, 3.8) is 0 Å². The van der Waals surface area contributed by atoms with Crippen molar-refractivity contribution in [2.75, 3.05) is 18.2 Å². The van der Waals surface area contributed by atoms with Crippen molar-refractivity contribution in [2.45, 2.75) is 23.1 Å². The number of benzene rings is 3. The van der Waals surface area contributed by atoms with Crippen LogP contribution in [-0.4, -0.2) is 21.3 Å². The quantitative estimate of drug-likeness (QED) is 0.259. The van der Waals surface area contributed by atoms with Crippen molar-refractivity contribution < 1.29 is 17.9 Å². The van der Waals surface area contributed by atoms with Gasteiger partial charge in [0.2, 0.25) is 15.6 Å². The second kappa shape index (κ2) is 10.1. The second-order valence-corrected chi connectivity index (χ2v) is 11.0. The molecule has 1 heterocycles. The van der Waals surface area contributed by atoms with Crippen LogP contribution in [0.1, 0.15) is 27.7 Å². The molecule has 0 aliphatic heterocycles. The van der Waals surface area contributed by atoms with Gasteiger partial charge in [-0.2, -0.15) is 0 Å². The molecule has 0 aliphatic carbocycles. The summed E-state index contributed by atoms with van der Waals surface area (Å²) >= 11 is 7.21. The van der Waals surface area contributed by atoms with E-state index < -0.39 is 15.6 Å². The van der Waals surface area contributed by atoms with Crippen LogP contribution < -0.4 is 15.8 Å². The summed E-state index contributed by atoms with van der Waals surface area (Å²) in [6.07, 6.45) is 0.776. The molecular weight excluding hydrogens is 504 g/mol. The number of carbonyl (C=O) groups excluding carboxylic acids is 1. The number of nitrogen functional groups attached to an aromatic ring is 1. The van der Waals surface area contributed by atoms with Crippen molar-refractivity contribution in [1.29, 1.82) is 0 Å². The zero-order valence-corrected chi connectivity index (χ0v) is 21.4. The Morgan fingerprint density at radius 2 is 1.69 bits per heavy atom. The van der Waals surface area contributed by atoms with Crippen LogP contribution in [0.4, 0.5) is 16.4 Å². The van der Waals surface area contributed by atoms with E-state index in [0.29, 0.717) is 11.4 Å². The van der Waals surface area contributed by atoms with Crippen molar-refractivity contribution in [1.82, 2.24) is 0 Å². The molecule has 35 heavy (non-hydrogen) atoms. The first-order valence-electron chi connectivity index (χ1n) is 10.7. The summed E-state index contributed by atoms with van der Waals surface area (Å²) in [4.78, 5) is 13.4. The number of hydrogen-bond acceptors (Lipinski definition) is 7. The van der Waals surface area contributed by atoms with Crippen molar-refractivity contribution in [3.05, 3.63) is 93.8 Å². The minimum Gasteiger partial charge on any atom is -0.495 e. The number of hydrogen-bond donors (Lipinski definition) is 2.